The van der Waals surface area contributed by atoms with Gasteiger partial charge in [-0.15, -0.1) is 0 Å². The number of carbonyl (C=O) groups excluding carboxylic acids is 7. The molecule has 4 heterocycles. The van der Waals surface area contributed by atoms with Crippen LogP contribution in [0.3, 0.4) is 0 Å². The Morgan fingerprint density at radius 2 is 0.951 bits per heavy atom. The first kappa shape index (κ1) is 77.7. The Bertz CT molecular complexity index is 4160. The number of sulfonamides is 2. The van der Waals surface area contributed by atoms with E-state index < -0.39 is 66.6 Å². The van der Waals surface area contributed by atoms with Crippen molar-refractivity contribution in [1.82, 2.24) is 42.1 Å². The second-order valence-electron chi connectivity index (χ2n) is 24.7. The Morgan fingerprint density at radius 3 is 1.43 bits per heavy atom. The van der Waals surface area contributed by atoms with Gasteiger partial charge in [0, 0.05) is 121 Å². The van der Waals surface area contributed by atoms with Gasteiger partial charge in [-0.25, -0.2) is 22.3 Å². The van der Waals surface area contributed by atoms with E-state index in [0.717, 1.165) is 44.8 Å². The Balaban J connectivity index is 0.726. The largest absolute Gasteiger partial charge is 0.494 e. The minimum Gasteiger partial charge on any atom is -0.494 e. The van der Waals surface area contributed by atoms with Crippen molar-refractivity contribution in [2.24, 2.45) is 0 Å². The van der Waals surface area contributed by atoms with Crippen LogP contribution in [0.2, 0.25) is 0 Å². The summed E-state index contributed by atoms with van der Waals surface area (Å²) in [7, 11) is -5.73. The number of methoxy groups -OCH3 is 2. The van der Waals surface area contributed by atoms with Gasteiger partial charge in [-0.2, -0.15) is 9.13 Å². The van der Waals surface area contributed by atoms with Gasteiger partial charge in [0.15, 0.2) is 24.8 Å². The number of carbonyl (C=O) groups is 7. The number of hydrazine groups is 2. The molecule has 2 aromatic heterocycles. The molecular formula is C68H90N16O16S2+2. The van der Waals surface area contributed by atoms with Crippen LogP contribution in [0.15, 0.2) is 144 Å². The van der Waals surface area contributed by atoms with Crippen LogP contribution in [0.1, 0.15) is 69.3 Å². The van der Waals surface area contributed by atoms with Crippen LogP contribution in [0, 0.1) is 0 Å². The lowest BCUT2D eigenvalue weighted by molar-refractivity contribution is -0.742. The van der Waals surface area contributed by atoms with Crippen LogP contribution in [0.25, 0.3) is 0 Å². The molecule has 2 aliphatic heterocycles. The first-order chi connectivity index (χ1) is 48.8. The van der Waals surface area contributed by atoms with E-state index in [0.29, 0.717) is 83.9 Å². The van der Waals surface area contributed by atoms with E-state index in [1.54, 1.807) is 85.9 Å². The molecule has 0 saturated carbocycles. The average Bonchev–Trinajstić information content (AvgIpc) is 0.813. The quantitative estimate of drug-likeness (QED) is 0.0118. The summed E-state index contributed by atoms with van der Waals surface area (Å²) in [6, 6.07) is 26.9. The molecule has 102 heavy (non-hydrogen) atoms. The number of unbranched alkanes of at least 4 members (excludes halogenated alkanes) is 1. The van der Waals surface area contributed by atoms with Crippen LogP contribution in [-0.2, 0) is 80.8 Å². The molecule has 6 aromatic rings. The highest BCUT2D eigenvalue weighted by molar-refractivity contribution is 7.93. The highest BCUT2D eigenvalue weighted by Crippen LogP contribution is 2.31. The molecule has 548 valence electrons. The predicted molar refractivity (Wildman–Crippen MR) is 377 cm³/mol. The van der Waals surface area contributed by atoms with Crippen molar-refractivity contribution in [3.05, 3.63) is 145 Å². The molecule has 4 aromatic carbocycles. The summed E-state index contributed by atoms with van der Waals surface area (Å²) in [5.74, 6) is -4.53. The fourth-order valence-corrected chi connectivity index (χ4v) is 12.5. The number of ether oxygens (including phenoxy) is 4. The number of nitrogens with one attached hydrogen (secondary N) is 12. The lowest BCUT2D eigenvalue weighted by Gasteiger charge is -2.26. The monoisotopic (exact) mass is 1450 g/mol. The van der Waals surface area contributed by atoms with E-state index in [1.807, 2.05) is 6.07 Å². The fraction of sp³-hybridized carbons (Fsp3) is 0.397. The van der Waals surface area contributed by atoms with Crippen molar-refractivity contribution in [2.75, 3.05) is 137 Å². The third-order valence-corrected chi connectivity index (χ3v) is 19.2. The number of pyridine rings is 2. The molecule has 0 unspecified atom stereocenters. The normalized spacial score (nSPS) is 13.7. The summed E-state index contributed by atoms with van der Waals surface area (Å²) in [6.45, 7) is 15.7. The molecule has 0 bridgehead atoms. The second kappa shape index (κ2) is 37.0. The number of hydrogen-bond donors (Lipinski definition) is 12. The van der Waals surface area contributed by atoms with E-state index in [-0.39, 0.29) is 67.9 Å². The molecule has 2 aliphatic rings. The summed E-state index contributed by atoms with van der Waals surface area (Å²) in [6.07, 6.45) is 9.23. The molecule has 2 saturated heterocycles. The lowest BCUT2D eigenvalue weighted by atomic mass is 10.0. The minimum absolute atomic E-state index is 0.115. The van der Waals surface area contributed by atoms with Gasteiger partial charge in [0.25, 0.3) is 37.8 Å². The van der Waals surface area contributed by atoms with Gasteiger partial charge in [-0.05, 0) is 112 Å². The first-order valence-corrected chi connectivity index (χ1v) is 36.0. The van der Waals surface area contributed by atoms with E-state index in [2.05, 4.69) is 73.0 Å². The highest BCUT2D eigenvalue weighted by atomic mass is 32.2. The maximum atomic E-state index is 13.9. The molecule has 0 atom stereocenters. The maximum absolute atomic E-state index is 13.9. The van der Waals surface area contributed by atoms with Crippen molar-refractivity contribution in [2.45, 2.75) is 80.9 Å². The molecule has 0 radical (unpaired) electrons. The van der Waals surface area contributed by atoms with Gasteiger partial charge < -0.3 is 45.5 Å². The minimum atomic E-state index is -4.23. The van der Waals surface area contributed by atoms with Crippen molar-refractivity contribution >= 4 is 95.5 Å². The standard InChI is InChI=1S/C68H88N16O16S2/c1-67(2,65(90)73-50-17-9-19-54(41-50)101(92,93)79-52-21-23-56(58(43-52)96-5)75-77-63(88)61(86)70-26-13-29-81-33-37-98-38-34-81)83-31-11-15-48(45-83)47-100-72-28-8-7-25-69-60(85)49-16-12-32-84(46-49)68(3,4)66(91)74-51-18-10-20-55(42-51)102(94,95)80-53-22-24-57(59(44-53)97-6)76-78-64(89)62(87)71-27-14-30-82-35-39-99-40-36-82/h9-12,15-24,31-32,41-46,72H,7-8,13-14,25-30,33-40,47H2,1-6H3,(H9-2,69,70,71,73,74,75,76,77,78,79,80,85,86,87,88,89,90,91)/p+2. The molecular weight excluding hydrogens is 1360 g/mol. The second-order valence-corrected chi connectivity index (χ2v) is 28.0. The zero-order valence-electron chi connectivity index (χ0n) is 57.8. The number of morpholine rings is 2. The zero-order valence-corrected chi connectivity index (χ0v) is 59.4. The van der Waals surface area contributed by atoms with Gasteiger partial charge in [-0.1, -0.05) is 12.1 Å². The van der Waals surface area contributed by atoms with Crippen molar-refractivity contribution in [3.63, 3.8) is 0 Å². The Kier molecular flexibility index (Phi) is 28.2. The summed E-state index contributed by atoms with van der Waals surface area (Å²) < 4.78 is 84.5. The number of anilines is 6. The lowest BCUT2D eigenvalue weighted by Crippen LogP contribution is -2.59. The first-order valence-electron chi connectivity index (χ1n) is 33.0. The van der Waals surface area contributed by atoms with E-state index >= 15 is 0 Å². The van der Waals surface area contributed by atoms with Crippen LogP contribution < -0.4 is 81.8 Å². The molecule has 32 nitrogen and oxygen atoms in total. The van der Waals surface area contributed by atoms with Gasteiger partial charge in [0.1, 0.15) is 17.1 Å². The zero-order chi connectivity index (χ0) is 73.3. The van der Waals surface area contributed by atoms with Crippen molar-refractivity contribution in [3.8, 4) is 11.5 Å². The summed E-state index contributed by atoms with van der Waals surface area (Å²) in [5, 5.41) is 13.7. The van der Waals surface area contributed by atoms with Gasteiger partial charge >= 0.3 is 23.6 Å². The van der Waals surface area contributed by atoms with Crippen molar-refractivity contribution < 1.29 is 83.3 Å². The topological polar surface area (TPSA) is 393 Å². The van der Waals surface area contributed by atoms with Crippen LogP contribution in [0.5, 0.6) is 11.5 Å². The Labute approximate surface area is 592 Å². The molecule has 34 heteroatoms. The molecule has 12 N–H and O–H groups in total. The summed E-state index contributed by atoms with van der Waals surface area (Å²) >= 11 is 0. The third-order valence-electron chi connectivity index (χ3n) is 16.5. The SMILES string of the molecule is COc1cc(NS(=O)(=O)c2cccc(NC(=O)C(C)(C)[n+]3cccc(CONCCCCNC(=O)c4ccc[n+](C(C)(C)C(=O)Nc5cccc(S(=O)(=O)Nc6ccc(NNC(=O)C(=O)NCCCN7CCOCC7)c(OC)c6)c5)c4)c3)c2)ccc1NNC(=O)C(=O)NCCCN1CCOCC1. The molecule has 2 fully saturated rings. The summed E-state index contributed by atoms with van der Waals surface area (Å²) in [4.78, 5) is 101. The van der Waals surface area contributed by atoms with Gasteiger partial charge in [0.05, 0.1) is 79.8 Å². The van der Waals surface area contributed by atoms with Crippen LogP contribution in [-0.4, -0.2) is 174 Å². The Morgan fingerprint density at radius 1 is 0.500 bits per heavy atom. The van der Waals surface area contributed by atoms with E-state index in [9.17, 15) is 50.4 Å². The third kappa shape index (κ3) is 22.7. The number of nitrogens with zero attached hydrogens (tertiary/aromatic N) is 4. The number of benzene rings is 4. The smallest absolute Gasteiger partial charge is 0.327 e. The van der Waals surface area contributed by atoms with Crippen LogP contribution >= 0.6 is 0 Å². The van der Waals surface area contributed by atoms with E-state index in [4.69, 9.17) is 23.8 Å². The fourth-order valence-electron chi connectivity index (χ4n) is 10.4. The van der Waals surface area contributed by atoms with Gasteiger partial charge in [-0.3, -0.25) is 79.3 Å². The van der Waals surface area contributed by atoms with E-state index in [1.165, 1.54) is 93.1 Å². The Hall–Kier alpha value is -10.1. The van der Waals surface area contributed by atoms with Crippen molar-refractivity contribution in [1.29, 1.82) is 0 Å². The number of hydrogen-bond acceptors (Lipinski definition) is 21. The number of rotatable bonds is 35. The average molecular weight is 1450 g/mol. The highest BCUT2D eigenvalue weighted by Gasteiger charge is 2.39. The molecule has 0 spiro atoms. The maximum Gasteiger partial charge on any atom is 0.327 e. The number of amides is 7. The molecule has 7 amide bonds. The predicted octanol–water partition coefficient (Wildman–Crippen LogP) is 2.42. The molecule has 0 aliphatic carbocycles. The molecule has 8 rings (SSSR count). The van der Waals surface area contributed by atoms with Gasteiger partial charge in [0.2, 0.25) is 11.1 Å². The summed E-state index contributed by atoms with van der Waals surface area (Å²) in [5.41, 5.74) is 12.6. The number of hydroxylamine groups is 1. The number of aromatic nitrogens is 2. The van der Waals surface area contributed by atoms with Crippen LogP contribution in [0.4, 0.5) is 34.1 Å².